The van der Waals surface area contributed by atoms with Gasteiger partial charge < -0.3 is 9.47 Å². The summed E-state index contributed by atoms with van der Waals surface area (Å²) in [5.41, 5.74) is 4.55. The van der Waals surface area contributed by atoms with Gasteiger partial charge in [0.25, 0.3) is 0 Å². The van der Waals surface area contributed by atoms with Gasteiger partial charge in [0.05, 0.1) is 19.8 Å². The molecule has 0 saturated heterocycles. The Morgan fingerprint density at radius 1 is 0.909 bits per heavy atom. The minimum Gasteiger partial charge on any atom is -0.493 e. The van der Waals surface area contributed by atoms with E-state index in [0.717, 1.165) is 47.6 Å². The lowest BCUT2D eigenvalue weighted by molar-refractivity contribution is 0.128. The van der Waals surface area contributed by atoms with Crippen LogP contribution < -0.4 is 9.47 Å². The Kier molecular flexibility index (Phi) is 4.58. The number of aliphatic imine (C=N–C) groups is 1. The average Bonchev–Trinajstić information content (AvgIpc) is 2.83. The van der Waals surface area contributed by atoms with Crippen LogP contribution in [0.25, 0.3) is 0 Å². The van der Waals surface area contributed by atoms with Crippen LogP contribution in [-0.2, 0) is 12.0 Å². The molecule has 4 bridgehead atoms. The van der Waals surface area contributed by atoms with Crippen LogP contribution in [0.1, 0.15) is 41.0 Å². The third-order valence-corrected chi connectivity index (χ3v) is 7.78. The normalized spacial score (nSPS) is 27.0. The van der Waals surface area contributed by atoms with Gasteiger partial charge in [-0.2, -0.15) is 0 Å². The number of ether oxygens (including phenoxy) is 2. The molecule has 4 atom stereocenters. The van der Waals surface area contributed by atoms with Crippen molar-refractivity contribution >= 4 is 5.71 Å². The van der Waals surface area contributed by atoms with Gasteiger partial charge in [0, 0.05) is 17.2 Å². The van der Waals surface area contributed by atoms with E-state index >= 15 is 0 Å². The first-order valence-electron chi connectivity index (χ1n) is 11.4. The Morgan fingerprint density at radius 3 is 2.42 bits per heavy atom. The molecule has 1 fully saturated rings. The largest absolute Gasteiger partial charge is 0.493 e. The molecule has 168 valence electrons. The molecule has 0 radical (unpaired) electrons. The number of hydrogen-bond donors (Lipinski definition) is 0. The molecule has 0 N–H and O–H groups in total. The molecule has 3 aromatic rings. The summed E-state index contributed by atoms with van der Waals surface area (Å²) in [4.78, 5) is 5.26. The molecule has 0 amide bonds. The monoisotopic (exact) mass is 445 g/mol. The fourth-order valence-corrected chi connectivity index (χ4v) is 6.59. The first-order chi connectivity index (χ1) is 16.0. The topological polar surface area (TPSA) is 30.8 Å². The number of methoxy groups -OCH3 is 2. The van der Waals surface area contributed by atoms with E-state index in [1.807, 2.05) is 18.2 Å². The second-order valence-corrected chi connectivity index (χ2v) is 9.42. The summed E-state index contributed by atoms with van der Waals surface area (Å²) in [7, 11) is 3.34. The lowest BCUT2D eigenvalue weighted by Gasteiger charge is -2.56. The van der Waals surface area contributed by atoms with Crippen molar-refractivity contribution in [2.45, 2.75) is 30.7 Å². The van der Waals surface area contributed by atoms with Gasteiger partial charge in [-0.3, -0.25) is 4.99 Å². The van der Waals surface area contributed by atoms with Gasteiger partial charge in [-0.1, -0.05) is 30.3 Å². The van der Waals surface area contributed by atoms with Gasteiger partial charge >= 0.3 is 0 Å². The zero-order chi connectivity index (χ0) is 22.7. The van der Waals surface area contributed by atoms with E-state index in [2.05, 4.69) is 6.07 Å². The lowest BCUT2D eigenvalue weighted by atomic mass is 9.52. The molecule has 3 nitrogen and oxygen atoms in total. The first-order valence-corrected chi connectivity index (χ1v) is 11.4. The maximum atomic E-state index is 14.3. The summed E-state index contributed by atoms with van der Waals surface area (Å²) in [5, 5.41) is 0. The first kappa shape index (κ1) is 20.4. The number of fused-ring (bicyclic) bond motifs is 1. The predicted molar refractivity (Wildman–Crippen MR) is 123 cm³/mol. The highest BCUT2D eigenvalue weighted by atomic mass is 19.1. The van der Waals surface area contributed by atoms with E-state index in [0.29, 0.717) is 0 Å². The minimum atomic E-state index is -0.529. The van der Waals surface area contributed by atoms with E-state index in [-0.39, 0.29) is 29.4 Å². The van der Waals surface area contributed by atoms with Gasteiger partial charge in [-0.25, -0.2) is 8.78 Å². The molecule has 2 heterocycles. The van der Waals surface area contributed by atoms with E-state index in [1.54, 1.807) is 38.5 Å². The van der Waals surface area contributed by atoms with Crippen LogP contribution in [0.4, 0.5) is 8.78 Å². The third kappa shape index (κ3) is 3.01. The fraction of sp³-hybridized carbons (Fsp3) is 0.321. The fourth-order valence-electron chi connectivity index (χ4n) is 6.59. The van der Waals surface area contributed by atoms with Crippen molar-refractivity contribution in [1.82, 2.24) is 0 Å². The van der Waals surface area contributed by atoms with Crippen LogP contribution >= 0.6 is 0 Å². The standard InChI is InChI=1S/C28H25F2NO2/c1-32-24-10-9-21-22(27(24)33-2)12-17-14-28(18-6-4-8-20(30)13-18)15-23(21)25(17)26(31-28)16-5-3-7-19(29)11-16/h3-11,13,17,23,25H,12,14-15H2,1-2H3/t17-,23-,25+,28-/m0/s1. The van der Waals surface area contributed by atoms with Crippen molar-refractivity contribution < 1.29 is 18.3 Å². The summed E-state index contributed by atoms with van der Waals surface area (Å²) in [6.07, 6.45) is 2.44. The van der Waals surface area contributed by atoms with Gasteiger partial charge in [-0.15, -0.1) is 0 Å². The summed E-state index contributed by atoms with van der Waals surface area (Å²) in [5.74, 6) is 1.67. The van der Waals surface area contributed by atoms with Gasteiger partial charge in [0.1, 0.15) is 11.6 Å². The second kappa shape index (κ2) is 7.41. The molecule has 0 aromatic heterocycles. The summed E-state index contributed by atoms with van der Waals surface area (Å²) < 4.78 is 39.8. The molecule has 0 spiro atoms. The zero-order valence-electron chi connectivity index (χ0n) is 18.6. The van der Waals surface area contributed by atoms with Crippen LogP contribution in [0, 0.1) is 23.5 Å². The maximum Gasteiger partial charge on any atom is 0.164 e. The number of nitrogens with zero attached hydrogens (tertiary/aromatic N) is 1. The number of halogens is 2. The number of rotatable bonds is 4. The van der Waals surface area contributed by atoms with E-state index in [1.165, 1.54) is 23.3 Å². The van der Waals surface area contributed by atoms with E-state index in [4.69, 9.17) is 14.5 Å². The molecule has 1 saturated carbocycles. The number of benzene rings is 3. The SMILES string of the molecule is COc1ccc2c(c1OC)C[C@H]1C[C@@]3(c4cccc(F)c4)C[C@@H]2[C@@H]1C(c1cccc(F)c1)=N3. The summed E-state index contributed by atoms with van der Waals surface area (Å²) in [6, 6.07) is 17.6. The second-order valence-electron chi connectivity index (χ2n) is 9.42. The highest BCUT2D eigenvalue weighted by Crippen LogP contribution is 2.62. The lowest BCUT2D eigenvalue weighted by Crippen LogP contribution is -2.52. The van der Waals surface area contributed by atoms with Gasteiger partial charge in [-0.05, 0) is 78.1 Å². The van der Waals surface area contributed by atoms with Crippen LogP contribution in [0.2, 0.25) is 0 Å². The summed E-state index contributed by atoms with van der Waals surface area (Å²) >= 11 is 0. The third-order valence-electron chi connectivity index (χ3n) is 7.78. The van der Waals surface area contributed by atoms with Crippen LogP contribution in [0.5, 0.6) is 11.5 Å². The molecule has 33 heavy (non-hydrogen) atoms. The van der Waals surface area contributed by atoms with E-state index < -0.39 is 5.54 Å². The van der Waals surface area contributed by atoms with Crippen molar-refractivity contribution in [1.29, 1.82) is 0 Å². The Labute approximate surface area is 192 Å². The Balaban J connectivity index is 1.57. The quantitative estimate of drug-likeness (QED) is 0.490. The Bertz CT molecular complexity index is 1290. The molecule has 5 heteroatoms. The van der Waals surface area contributed by atoms with Crippen LogP contribution in [-0.4, -0.2) is 19.9 Å². The Morgan fingerprint density at radius 2 is 1.70 bits per heavy atom. The maximum absolute atomic E-state index is 14.3. The Hall–Kier alpha value is -3.21. The van der Waals surface area contributed by atoms with Crippen LogP contribution in [0.3, 0.4) is 0 Å². The smallest absolute Gasteiger partial charge is 0.164 e. The molecule has 7 rings (SSSR count). The molecular weight excluding hydrogens is 420 g/mol. The number of hydrogen-bond acceptors (Lipinski definition) is 3. The highest BCUT2D eigenvalue weighted by molar-refractivity contribution is 6.04. The molecule has 0 unspecified atom stereocenters. The molecule has 2 aliphatic carbocycles. The van der Waals surface area contributed by atoms with Crippen LogP contribution in [0.15, 0.2) is 65.7 Å². The highest BCUT2D eigenvalue weighted by Gasteiger charge is 2.56. The molecular formula is C28H25F2NO2. The zero-order valence-corrected chi connectivity index (χ0v) is 18.6. The predicted octanol–water partition coefficient (Wildman–Crippen LogP) is 6.05. The minimum absolute atomic E-state index is 0.186. The van der Waals surface area contributed by atoms with Gasteiger partial charge in [0.2, 0.25) is 0 Å². The van der Waals surface area contributed by atoms with Crippen molar-refractivity contribution in [3.63, 3.8) is 0 Å². The van der Waals surface area contributed by atoms with Crippen molar-refractivity contribution in [2.75, 3.05) is 14.2 Å². The summed E-state index contributed by atoms with van der Waals surface area (Å²) in [6.45, 7) is 0. The molecule has 2 aliphatic heterocycles. The molecule has 4 aliphatic rings. The molecule has 3 aromatic carbocycles. The van der Waals surface area contributed by atoms with Crippen molar-refractivity contribution in [3.05, 3.63) is 94.6 Å². The van der Waals surface area contributed by atoms with E-state index in [9.17, 15) is 8.78 Å². The van der Waals surface area contributed by atoms with Gasteiger partial charge in [0.15, 0.2) is 11.5 Å². The van der Waals surface area contributed by atoms with Crippen molar-refractivity contribution in [2.24, 2.45) is 16.8 Å². The average molecular weight is 446 g/mol. The van der Waals surface area contributed by atoms with Crippen molar-refractivity contribution in [3.8, 4) is 11.5 Å².